The zero-order valence-electron chi connectivity index (χ0n) is 10.1. The third-order valence-corrected chi connectivity index (χ3v) is 2.47. The Morgan fingerprint density at radius 3 is 2.71 bits per heavy atom. The van der Waals surface area contributed by atoms with Gasteiger partial charge in [-0.05, 0) is 25.8 Å². The van der Waals surface area contributed by atoms with Gasteiger partial charge in [-0.25, -0.2) is 0 Å². The lowest BCUT2D eigenvalue weighted by Crippen LogP contribution is -2.38. The fraction of sp³-hybridized carbons (Fsp3) is 0.385. The van der Waals surface area contributed by atoms with Crippen LogP contribution in [0.2, 0.25) is 0 Å². The van der Waals surface area contributed by atoms with E-state index >= 15 is 0 Å². The molecule has 0 aliphatic heterocycles. The Kier molecular flexibility index (Phi) is 4.69. The number of amides is 1. The largest absolute Gasteiger partial charge is 0.480 e. The van der Waals surface area contributed by atoms with Gasteiger partial charge in [0.2, 0.25) is 5.91 Å². The minimum atomic E-state index is -1.02. The van der Waals surface area contributed by atoms with Crippen LogP contribution in [-0.4, -0.2) is 23.0 Å². The van der Waals surface area contributed by atoms with Gasteiger partial charge in [0.15, 0.2) is 0 Å². The van der Waals surface area contributed by atoms with Crippen molar-refractivity contribution < 1.29 is 14.7 Å². The van der Waals surface area contributed by atoms with Crippen molar-refractivity contribution in [2.45, 2.75) is 32.7 Å². The minimum absolute atomic E-state index is 0.235. The van der Waals surface area contributed by atoms with E-state index in [-0.39, 0.29) is 5.91 Å². The van der Waals surface area contributed by atoms with E-state index in [0.717, 1.165) is 11.1 Å². The highest BCUT2D eigenvalue weighted by Gasteiger charge is 2.13. The molecule has 0 heterocycles. The summed E-state index contributed by atoms with van der Waals surface area (Å²) in [5, 5.41) is 11.1. The fourth-order valence-corrected chi connectivity index (χ4v) is 1.50. The van der Waals surface area contributed by atoms with E-state index in [9.17, 15) is 9.59 Å². The maximum Gasteiger partial charge on any atom is 0.325 e. The summed E-state index contributed by atoms with van der Waals surface area (Å²) in [4.78, 5) is 22.0. The molecular weight excluding hydrogens is 218 g/mol. The Hall–Kier alpha value is -1.84. The first-order valence-electron chi connectivity index (χ1n) is 5.57. The third-order valence-electron chi connectivity index (χ3n) is 2.47. The highest BCUT2D eigenvalue weighted by molar-refractivity contribution is 5.83. The second kappa shape index (κ2) is 6.03. The highest BCUT2D eigenvalue weighted by atomic mass is 16.4. The number of hydrogen-bond donors (Lipinski definition) is 2. The molecule has 17 heavy (non-hydrogen) atoms. The molecule has 0 saturated heterocycles. The van der Waals surface area contributed by atoms with Crippen molar-refractivity contribution >= 4 is 11.9 Å². The number of rotatable bonds is 5. The Labute approximate surface area is 101 Å². The molecule has 0 aromatic heterocycles. The van der Waals surface area contributed by atoms with E-state index in [1.54, 1.807) is 0 Å². The van der Waals surface area contributed by atoms with Gasteiger partial charge in [0.25, 0.3) is 0 Å². The molecule has 92 valence electrons. The van der Waals surface area contributed by atoms with Gasteiger partial charge in [0.1, 0.15) is 6.04 Å². The number of aryl methyl sites for hydroxylation is 2. The van der Waals surface area contributed by atoms with Crippen molar-refractivity contribution in [1.29, 1.82) is 0 Å². The van der Waals surface area contributed by atoms with Crippen LogP contribution in [0, 0.1) is 6.92 Å². The van der Waals surface area contributed by atoms with E-state index in [0.29, 0.717) is 12.8 Å². The molecule has 4 heteroatoms. The molecule has 1 aromatic rings. The predicted octanol–water partition coefficient (Wildman–Crippen LogP) is 1.52. The van der Waals surface area contributed by atoms with Gasteiger partial charge in [0.05, 0.1) is 0 Å². The van der Waals surface area contributed by atoms with Gasteiger partial charge in [-0.2, -0.15) is 0 Å². The molecule has 1 amide bonds. The highest BCUT2D eigenvalue weighted by Crippen LogP contribution is 2.06. The lowest BCUT2D eigenvalue weighted by atomic mass is 10.1. The first kappa shape index (κ1) is 13.2. The third kappa shape index (κ3) is 4.68. The van der Waals surface area contributed by atoms with Gasteiger partial charge in [-0.15, -0.1) is 0 Å². The summed E-state index contributed by atoms with van der Waals surface area (Å²) in [6.07, 6.45) is 0.931. The van der Waals surface area contributed by atoms with E-state index < -0.39 is 12.0 Å². The standard InChI is InChI=1S/C13H17NO3/c1-9-4-3-5-11(8-9)6-7-12(15)14-10(2)13(16)17/h3-5,8,10H,6-7H2,1-2H3,(H,14,15)(H,16,17)/t10-/m1/s1. The fourth-order valence-electron chi connectivity index (χ4n) is 1.50. The average Bonchev–Trinajstić information content (AvgIpc) is 2.26. The van der Waals surface area contributed by atoms with E-state index in [2.05, 4.69) is 5.32 Å². The number of hydrogen-bond acceptors (Lipinski definition) is 2. The number of carbonyl (C=O) groups excluding carboxylic acids is 1. The zero-order valence-corrected chi connectivity index (χ0v) is 10.1. The Balaban J connectivity index is 2.41. The van der Waals surface area contributed by atoms with Gasteiger partial charge in [-0.3, -0.25) is 9.59 Å². The SMILES string of the molecule is Cc1cccc(CCC(=O)N[C@H](C)C(=O)O)c1. The van der Waals surface area contributed by atoms with Crippen LogP contribution >= 0.6 is 0 Å². The molecule has 2 N–H and O–H groups in total. The molecule has 1 atom stereocenters. The first-order valence-corrected chi connectivity index (χ1v) is 5.57. The summed E-state index contributed by atoms with van der Waals surface area (Å²) in [6, 6.07) is 7.09. The van der Waals surface area contributed by atoms with Gasteiger partial charge < -0.3 is 10.4 Å². The lowest BCUT2D eigenvalue weighted by molar-refractivity contribution is -0.141. The molecule has 1 rings (SSSR count). The number of carbonyl (C=O) groups is 2. The number of aliphatic carboxylic acids is 1. The van der Waals surface area contributed by atoms with Crippen LogP contribution in [0.4, 0.5) is 0 Å². The zero-order chi connectivity index (χ0) is 12.8. The lowest BCUT2D eigenvalue weighted by Gasteiger charge is -2.09. The topological polar surface area (TPSA) is 66.4 Å². The molecule has 0 unspecified atom stereocenters. The molecule has 0 bridgehead atoms. The minimum Gasteiger partial charge on any atom is -0.480 e. The monoisotopic (exact) mass is 235 g/mol. The molecule has 4 nitrogen and oxygen atoms in total. The molecule has 0 aliphatic rings. The van der Waals surface area contributed by atoms with Crippen LogP contribution in [-0.2, 0) is 16.0 Å². The molecule has 0 aliphatic carbocycles. The van der Waals surface area contributed by atoms with Gasteiger partial charge >= 0.3 is 5.97 Å². The molecule has 1 aromatic carbocycles. The second-order valence-corrected chi connectivity index (χ2v) is 4.12. The summed E-state index contributed by atoms with van der Waals surface area (Å²) >= 11 is 0. The van der Waals surface area contributed by atoms with Crippen LogP contribution in [0.3, 0.4) is 0 Å². The van der Waals surface area contributed by atoms with Crippen molar-refractivity contribution in [1.82, 2.24) is 5.32 Å². The Morgan fingerprint density at radius 2 is 2.12 bits per heavy atom. The quantitative estimate of drug-likeness (QED) is 0.813. The normalized spacial score (nSPS) is 11.9. The van der Waals surface area contributed by atoms with Crippen molar-refractivity contribution in [3.63, 3.8) is 0 Å². The van der Waals surface area contributed by atoms with Crippen LogP contribution in [0.25, 0.3) is 0 Å². The maximum atomic E-state index is 11.4. The van der Waals surface area contributed by atoms with E-state index in [1.807, 2.05) is 31.2 Å². The number of nitrogens with one attached hydrogen (secondary N) is 1. The van der Waals surface area contributed by atoms with Crippen molar-refractivity contribution in [2.75, 3.05) is 0 Å². The van der Waals surface area contributed by atoms with Crippen LogP contribution in [0.5, 0.6) is 0 Å². The molecule has 0 radical (unpaired) electrons. The van der Waals surface area contributed by atoms with Gasteiger partial charge in [-0.1, -0.05) is 29.8 Å². The van der Waals surface area contributed by atoms with E-state index in [4.69, 9.17) is 5.11 Å². The van der Waals surface area contributed by atoms with Crippen LogP contribution in [0.15, 0.2) is 24.3 Å². The number of carboxylic acids is 1. The van der Waals surface area contributed by atoms with Gasteiger partial charge in [0, 0.05) is 6.42 Å². The first-order chi connectivity index (χ1) is 7.99. The summed E-state index contributed by atoms with van der Waals surface area (Å²) in [5.74, 6) is -1.25. The van der Waals surface area contributed by atoms with Crippen LogP contribution < -0.4 is 5.32 Å². The second-order valence-electron chi connectivity index (χ2n) is 4.12. The molecule has 0 saturated carbocycles. The summed E-state index contributed by atoms with van der Waals surface area (Å²) in [6.45, 7) is 3.45. The smallest absolute Gasteiger partial charge is 0.325 e. The Morgan fingerprint density at radius 1 is 1.41 bits per heavy atom. The maximum absolute atomic E-state index is 11.4. The van der Waals surface area contributed by atoms with Crippen molar-refractivity contribution in [3.05, 3.63) is 35.4 Å². The summed E-state index contributed by atoms with van der Waals surface area (Å²) in [5.41, 5.74) is 2.24. The number of benzene rings is 1. The summed E-state index contributed by atoms with van der Waals surface area (Å²) < 4.78 is 0. The van der Waals surface area contributed by atoms with E-state index in [1.165, 1.54) is 6.92 Å². The molecule has 0 spiro atoms. The van der Waals surface area contributed by atoms with Crippen LogP contribution in [0.1, 0.15) is 24.5 Å². The number of carboxylic acid groups (broad SMARTS) is 1. The van der Waals surface area contributed by atoms with Crippen molar-refractivity contribution in [3.8, 4) is 0 Å². The average molecular weight is 235 g/mol. The van der Waals surface area contributed by atoms with Crippen molar-refractivity contribution in [2.24, 2.45) is 0 Å². The predicted molar refractivity (Wildman–Crippen MR) is 64.7 cm³/mol. The molecule has 0 fully saturated rings. The Bertz CT molecular complexity index is 415. The summed E-state index contributed by atoms with van der Waals surface area (Å²) in [7, 11) is 0. The molecular formula is C13H17NO3.